The van der Waals surface area contributed by atoms with E-state index >= 15 is 0 Å². The van der Waals surface area contributed by atoms with Crippen LogP contribution in [0.5, 0.6) is 11.5 Å². The first kappa shape index (κ1) is 10.7. The summed E-state index contributed by atoms with van der Waals surface area (Å²) in [5.74, 6) is 1.56. The van der Waals surface area contributed by atoms with Crippen LogP contribution in [0.1, 0.15) is 0 Å². The minimum atomic E-state index is 0.362. The van der Waals surface area contributed by atoms with Gasteiger partial charge < -0.3 is 15.0 Å². The van der Waals surface area contributed by atoms with Crippen molar-refractivity contribution in [2.75, 3.05) is 11.6 Å². The van der Waals surface area contributed by atoms with Crippen LogP contribution < -0.4 is 15.0 Å². The zero-order chi connectivity index (χ0) is 12.4. The van der Waals surface area contributed by atoms with Crippen LogP contribution in [0.15, 0.2) is 48.5 Å². The number of anilines is 2. The molecule has 0 bridgehead atoms. The lowest BCUT2D eigenvalue weighted by Gasteiger charge is -2.32. The molecule has 2 aromatic carbocycles. The summed E-state index contributed by atoms with van der Waals surface area (Å²) in [7, 11) is 0. The van der Waals surface area contributed by atoms with E-state index in [0.29, 0.717) is 6.67 Å². The van der Waals surface area contributed by atoms with Crippen molar-refractivity contribution in [2.24, 2.45) is 0 Å². The van der Waals surface area contributed by atoms with Crippen LogP contribution in [0.3, 0.4) is 0 Å². The highest BCUT2D eigenvalue weighted by atomic mass is 16.5. The third-order valence-corrected chi connectivity index (χ3v) is 2.84. The molecule has 0 spiro atoms. The average Bonchev–Trinajstić information content (AvgIpc) is 2.43. The van der Waals surface area contributed by atoms with Gasteiger partial charge in [0.05, 0.1) is 18.0 Å². The molecule has 0 aliphatic carbocycles. The summed E-state index contributed by atoms with van der Waals surface area (Å²) < 4.78 is 5.82. The number of fused-ring (bicyclic) bond motifs is 2. The van der Waals surface area contributed by atoms with Gasteiger partial charge in [-0.2, -0.15) is 0 Å². The van der Waals surface area contributed by atoms with Crippen LogP contribution in [0.2, 0.25) is 0 Å². The number of para-hydroxylation sites is 4. The van der Waals surface area contributed by atoms with E-state index in [-0.39, 0.29) is 0 Å². The topological polar surface area (TPSA) is 41.6 Å². The van der Waals surface area contributed by atoms with Gasteiger partial charge in [-0.1, -0.05) is 24.3 Å². The summed E-state index contributed by atoms with van der Waals surface area (Å²) in [5.41, 5.74) is 1.86. The number of carbonyl (C=O) groups excluding carboxylic acids is 1. The molecular formula is C14H11N2O2. The maximum Gasteiger partial charge on any atom is 0.310 e. The van der Waals surface area contributed by atoms with E-state index in [4.69, 9.17) is 4.74 Å². The molecule has 2 aromatic rings. The highest BCUT2D eigenvalue weighted by Crippen LogP contribution is 2.45. The summed E-state index contributed by atoms with van der Waals surface area (Å²) in [6.07, 6.45) is 1.69. The van der Waals surface area contributed by atoms with Crippen LogP contribution in [-0.4, -0.2) is 13.1 Å². The van der Waals surface area contributed by atoms with Crippen LogP contribution in [0.4, 0.5) is 11.4 Å². The predicted octanol–water partition coefficient (Wildman–Crippen LogP) is 2.54. The Morgan fingerprint density at radius 3 is 2.11 bits per heavy atom. The van der Waals surface area contributed by atoms with Crippen molar-refractivity contribution in [1.82, 2.24) is 5.32 Å². The van der Waals surface area contributed by atoms with Crippen molar-refractivity contribution in [2.45, 2.75) is 0 Å². The minimum absolute atomic E-state index is 0.362. The number of hydrogen-bond donors (Lipinski definition) is 1. The van der Waals surface area contributed by atoms with Gasteiger partial charge in [-0.3, -0.25) is 4.79 Å². The molecule has 1 aliphatic heterocycles. The zero-order valence-electron chi connectivity index (χ0n) is 9.59. The lowest BCUT2D eigenvalue weighted by atomic mass is 10.2. The Morgan fingerprint density at radius 2 is 1.56 bits per heavy atom. The Balaban J connectivity index is 2.08. The molecule has 0 atom stereocenters. The van der Waals surface area contributed by atoms with Crippen molar-refractivity contribution in [3.8, 4) is 11.5 Å². The highest BCUT2D eigenvalue weighted by molar-refractivity contribution is 5.77. The SMILES string of the molecule is O=[C]NCN1c2ccccc2Oc2ccccc21. The first-order valence-corrected chi connectivity index (χ1v) is 5.63. The Kier molecular flexibility index (Phi) is 2.61. The Morgan fingerprint density at radius 1 is 1.00 bits per heavy atom. The van der Waals surface area contributed by atoms with Crippen molar-refractivity contribution in [1.29, 1.82) is 0 Å². The molecule has 0 fully saturated rings. The molecule has 1 N–H and O–H groups in total. The number of benzene rings is 2. The fourth-order valence-corrected chi connectivity index (χ4v) is 2.06. The van der Waals surface area contributed by atoms with Crippen LogP contribution in [-0.2, 0) is 4.79 Å². The molecule has 4 nitrogen and oxygen atoms in total. The number of ether oxygens (including phenoxy) is 1. The maximum absolute atomic E-state index is 10.4. The van der Waals surface area contributed by atoms with E-state index in [1.165, 1.54) is 0 Å². The summed E-state index contributed by atoms with van der Waals surface area (Å²) in [6.45, 7) is 0.362. The largest absolute Gasteiger partial charge is 0.453 e. The number of nitrogens with zero attached hydrogens (tertiary/aromatic N) is 1. The second-order valence-corrected chi connectivity index (χ2v) is 3.90. The fraction of sp³-hybridized carbons (Fsp3) is 0.0714. The van der Waals surface area contributed by atoms with Crippen LogP contribution in [0, 0.1) is 0 Å². The number of hydrogen-bond acceptors (Lipinski definition) is 3. The Bertz CT molecular complexity index is 538. The fourth-order valence-electron chi connectivity index (χ4n) is 2.06. The molecule has 89 valence electrons. The van der Waals surface area contributed by atoms with Gasteiger partial charge >= 0.3 is 6.41 Å². The lowest BCUT2D eigenvalue weighted by molar-refractivity contribution is 0.471. The second-order valence-electron chi connectivity index (χ2n) is 3.90. The lowest BCUT2D eigenvalue weighted by Crippen LogP contribution is -2.31. The molecule has 1 amide bonds. The number of rotatable bonds is 3. The first-order chi connectivity index (χ1) is 8.90. The van der Waals surface area contributed by atoms with Gasteiger partial charge in [-0.05, 0) is 24.3 Å². The molecule has 1 heterocycles. The third-order valence-electron chi connectivity index (χ3n) is 2.84. The highest BCUT2D eigenvalue weighted by Gasteiger charge is 2.22. The Hall–Kier alpha value is -2.49. The van der Waals surface area contributed by atoms with E-state index in [2.05, 4.69) is 5.32 Å². The van der Waals surface area contributed by atoms with E-state index in [9.17, 15) is 4.79 Å². The van der Waals surface area contributed by atoms with Crippen LogP contribution >= 0.6 is 0 Å². The molecule has 0 saturated carbocycles. The van der Waals surface area contributed by atoms with E-state index in [0.717, 1.165) is 22.9 Å². The quantitative estimate of drug-likeness (QED) is 0.837. The van der Waals surface area contributed by atoms with Gasteiger partial charge in [0.2, 0.25) is 0 Å². The van der Waals surface area contributed by atoms with Gasteiger partial charge in [0.1, 0.15) is 0 Å². The van der Waals surface area contributed by atoms with Crippen molar-refractivity contribution in [3.05, 3.63) is 48.5 Å². The monoisotopic (exact) mass is 239 g/mol. The molecule has 3 rings (SSSR count). The molecule has 1 radical (unpaired) electrons. The number of amides is 1. The maximum atomic E-state index is 10.4. The molecule has 1 aliphatic rings. The predicted molar refractivity (Wildman–Crippen MR) is 68.8 cm³/mol. The van der Waals surface area contributed by atoms with E-state index < -0.39 is 0 Å². The second kappa shape index (κ2) is 4.41. The van der Waals surface area contributed by atoms with Crippen molar-refractivity contribution < 1.29 is 9.53 Å². The molecule has 18 heavy (non-hydrogen) atoms. The average molecular weight is 239 g/mol. The van der Waals surface area contributed by atoms with Gasteiger partial charge in [0.25, 0.3) is 0 Å². The van der Waals surface area contributed by atoms with Gasteiger partial charge in [-0.15, -0.1) is 0 Å². The van der Waals surface area contributed by atoms with Crippen molar-refractivity contribution in [3.63, 3.8) is 0 Å². The molecule has 0 aromatic heterocycles. The molecular weight excluding hydrogens is 228 g/mol. The molecule has 0 saturated heterocycles. The van der Waals surface area contributed by atoms with Gasteiger partial charge in [0, 0.05) is 0 Å². The van der Waals surface area contributed by atoms with Crippen LogP contribution in [0.25, 0.3) is 0 Å². The summed E-state index contributed by atoms with van der Waals surface area (Å²) >= 11 is 0. The standard InChI is InChI=1S/C14H11N2O2/c17-10-15-9-16-11-5-1-3-7-13(11)18-14-8-4-2-6-12(14)16/h1-8H,9H2,(H,15,17). The normalized spacial score (nSPS) is 12.1. The summed E-state index contributed by atoms with van der Waals surface area (Å²) in [6, 6.07) is 15.4. The van der Waals surface area contributed by atoms with E-state index in [1.807, 2.05) is 53.4 Å². The minimum Gasteiger partial charge on any atom is -0.453 e. The number of nitrogens with one attached hydrogen (secondary N) is 1. The van der Waals surface area contributed by atoms with Gasteiger partial charge in [0.15, 0.2) is 11.5 Å². The van der Waals surface area contributed by atoms with E-state index in [1.54, 1.807) is 6.41 Å². The zero-order valence-corrected chi connectivity index (χ0v) is 9.59. The summed E-state index contributed by atoms with van der Waals surface area (Å²) in [5, 5.41) is 2.56. The third kappa shape index (κ3) is 1.68. The van der Waals surface area contributed by atoms with Crippen molar-refractivity contribution >= 4 is 17.8 Å². The summed E-state index contributed by atoms with van der Waals surface area (Å²) in [4.78, 5) is 12.4. The smallest absolute Gasteiger partial charge is 0.310 e. The first-order valence-electron chi connectivity index (χ1n) is 5.63. The van der Waals surface area contributed by atoms with Gasteiger partial charge in [-0.25, -0.2) is 0 Å². The molecule has 4 heteroatoms. The molecule has 0 unspecified atom stereocenters. The Labute approximate surface area is 105 Å².